The van der Waals surface area contributed by atoms with Crippen molar-refractivity contribution in [3.05, 3.63) is 38.5 Å². The van der Waals surface area contributed by atoms with E-state index in [1.54, 1.807) is 22.7 Å². The Bertz CT molecular complexity index is 453. The molecule has 0 amide bonds. The SMILES string of the molecule is CC(c1nc(CCl)cs1)N(C)Cc1cccs1. The van der Waals surface area contributed by atoms with E-state index < -0.39 is 0 Å². The van der Waals surface area contributed by atoms with Crippen LogP contribution in [0.4, 0.5) is 0 Å². The maximum absolute atomic E-state index is 5.77. The van der Waals surface area contributed by atoms with E-state index in [4.69, 9.17) is 11.6 Å². The zero-order valence-electron chi connectivity index (χ0n) is 9.89. The second kappa shape index (κ2) is 5.96. The number of alkyl halides is 1. The molecule has 2 heterocycles. The first-order valence-electron chi connectivity index (χ1n) is 5.43. The summed E-state index contributed by atoms with van der Waals surface area (Å²) in [5.74, 6) is 0.498. The molecule has 0 aliphatic rings. The van der Waals surface area contributed by atoms with Crippen molar-refractivity contribution in [2.75, 3.05) is 7.05 Å². The van der Waals surface area contributed by atoms with Gasteiger partial charge in [-0.05, 0) is 25.4 Å². The highest BCUT2D eigenvalue weighted by Gasteiger charge is 2.15. The van der Waals surface area contributed by atoms with Gasteiger partial charge < -0.3 is 0 Å². The van der Waals surface area contributed by atoms with Gasteiger partial charge >= 0.3 is 0 Å². The lowest BCUT2D eigenvalue weighted by atomic mass is 10.3. The number of thiophene rings is 1. The minimum absolute atomic E-state index is 0.332. The number of hydrogen-bond donors (Lipinski definition) is 0. The molecule has 2 nitrogen and oxygen atoms in total. The van der Waals surface area contributed by atoms with E-state index >= 15 is 0 Å². The second-order valence-corrected chi connectivity index (χ2v) is 6.17. The first-order chi connectivity index (χ1) is 8.20. The van der Waals surface area contributed by atoms with Crippen LogP contribution in [0.3, 0.4) is 0 Å². The molecule has 1 unspecified atom stereocenters. The molecule has 2 rings (SSSR count). The summed E-state index contributed by atoms with van der Waals surface area (Å²) >= 11 is 9.25. The van der Waals surface area contributed by atoms with Crippen molar-refractivity contribution in [3.63, 3.8) is 0 Å². The Hall–Kier alpha value is -0.420. The highest BCUT2D eigenvalue weighted by Crippen LogP contribution is 2.25. The van der Waals surface area contributed by atoms with Crippen LogP contribution < -0.4 is 0 Å². The predicted octanol–water partition coefficient (Wildman–Crippen LogP) is 4.14. The van der Waals surface area contributed by atoms with Crippen molar-refractivity contribution >= 4 is 34.3 Å². The third-order valence-electron chi connectivity index (χ3n) is 2.71. The van der Waals surface area contributed by atoms with Crippen LogP contribution in [0.25, 0.3) is 0 Å². The normalized spacial score (nSPS) is 13.2. The average molecular weight is 287 g/mol. The van der Waals surface area contributed by atoms with E-state index in [1.165, 1.54) is 4.88 Å². The van der Waals surface area contributed by atoms with E-state index in [0.717, 1.165) is 17.2 Å². The first-order valence-corrected chi connectivity index (χ1v) is 7.73. The van der Waals surface area contributed by atoms with Crippen molar-refractivity contribution in [1.82, 2.24) is 9.88 Å². The molecule has 0 radical (unpaired) electrons. The number of halogens is 1. The summed E-state index contributed by atoms with van der Waals surface area (Å²) in [7, 11) is 2.13. The molecule has 0 saturated carbocycles. The Morgan fingerprint density at radius 2 is 2.29 bits per heavy atom. The Kier molecular flexibility index (Phi) is 4.56. The summed E-state index contributed by atoms with van der Waals surface area (Å²) in [5, 5.41) is 5.29. The average Bonchev–Trinajstić information content (AvgIpc) is 2.98. The molecule has 2 aromatic rings. The number of thiazole rings is 1. The fourth-order valence-electron chi connectivity index (χ4n) is 1.55. The lowest BCUT2D eigenvalue weighted by Crippen LogP contribution is -2.21. The van der Waals surface area contributed by atoms with Gasteiger partial charge in [0, 0.05) is 16.8 Å². The quantitative estimate of drug-likeness (QED) is 0.768. The van der Waals surface area contributed by atoms with Gasteiger partial charge in [0.15, 0.2) is 0 Å². The van der Waals surface area contributed by atoms with Gasteiger partial charge in [-0.2, -0.15) is 0 Å². The third kappa shape index (κ3) is 3.28. The highest BCUT2D eigenvalue weighted by atomic mass is 35.5. The molecular formula is C12H15ClN2S2. The molecule has 17 heavy (non-hydrogen) atoms. The molecule has 0 spiro atoms. The zero-order valence-corrected chi connectivity index (χ0v) is 12.3. The maximum atomic E-state index is 5.77. The lowest BCUT2D eigenvalue weighted by molar-refractivity contribution is 0.254. The second-order valence-electron chi connectivity index (χ2n) is 3.98. The largest absolute Gasteiger partial charge is 0.292 e. The van der Waals surface area contributed by atoms with Crippen molar-refractivity contribution in [2.45, 2.75) is 25.4 Å². The summed E-state index contributed by atoms with van der Waals surface area (Å²) in [6, 6.07) is 4.59. The van der Waals surface area contributed by atoms with Crippen LogP contribution in [0.1, 0.15) is 28.5 Å². The summed E-state index contributed by atoms with van der Waals surface area (Å²) in [5.41, 5.74) is 0.975. The van der Waals surface area contributed by atoms with Gasteiger partial charge in [0.05, 0.1) is 17.6 Å². The van der Waals surface area contributed by atoms with Crippen LogP contribution in [0, 0.1) is 0 Å². The standard InChI is InChI=1S/C12H15ClN2S2/c1-9(12-14-10(6-13)8-17-12)15(2)7-11-4-3-5-16-11/h3-5,8-9H,6-7H2,1-2H3. The molecule has 0 aliphatic heterocycles. The van der Waals surface area contributed by atoms with E-state index in [9.17, 15) is 0 Å². The fourth-order valence-corrected chi connectivity index (χ4v) is 3.49. The van der Waals surface area contributed by atoms with E-state index in [1.807, 2.05) is 5.38 Å². The van der Waals surface area contributed by atoms with Crippen molar-refractivity contribution in [2.24, 2.45) is 0 Å². The van der Waals surface area contributed by atoms with Gasteiger partial charge in [0.25, 0.3) is 0 Å². The summed E-state index contributed by atoms with van der Waals surface area (Å²) in [6.45, 7) is 3.15. The molecule has 92 valence electrons. The van der Waals surface area contributed by atoms with Gasteiger partial charge in [-0.25, -0.2) is 4.98 Å². The van der Waals surface area contributed by atoms with E-state index in [-0.39, 0.29) is 0 Å². The highest BCUT2D eigenvalue weighted by molar-refractivity contribution is 7.10. The molecule has 0 saturated heterocycles. The van der Waals surface area contributed by atoms with Crippen LogP contribution in [-0.4, -0.2) is 16.9 Å². The van der Waals surface area contributed by atoms with Gasteiger partial charge in [0.2, 0.25) is 0 Å². The Labute approximate surface area is 115 Å². The monoisotopic (exact) mass is 286 g/mol. The van der Waals surface area contributed by atoms with Crippen LogP contribution in [-0.2, 0) is 12.4 Å². The van der Waals surface area contributed by atoms with E-state index in [0.29, 0.717) is 11.9 Å². The van der Waals surface area contributed by atoms with Gasteiger partial charge in [-0.3, -0.25) is 4.90 Å². The molecule has 0 aromatic carbocycles. The number of hydrogen-bond acceptors (Lipinski definition) is 4. The molecule has 5 heteroatoms. The summed E-state index contributed by atoms with van der Waals surface area (Å²) < 4.78 is 0. The Morgan fingerprint density at radius 3 is 2.88 bits per heavy atom. The van der Waals surface area contributed by atoms with E-state index in [2.05, 4.69) is 41.4 Å². The first kappa shape index (κ1) is 13.0. The number of rotatable bonds is 5. The minimum atomic E-state index is 0.332. The predicted molar refractivity (Wildman–Crippen MR) is 75.9 cm³/mol. The molecule has 0 fully saturated rings. The lowest BCUT2D eigenvalue weighted by Gasteiger charge is -2.22. The molecule has 2 aromatic heterocycles. The molecular weight excluding hydrogens is 272 g/mol. The van der Waals surface area contributed by atoms with Crippen LogP contribution in [0.5, 0.6) is 0 Å². The maximum Gasteiger partial charge on any atom is 0.110 e. The number of aromatic nitrogens is 1. The summed E-state index contributed by atoms with van der Waals surface area (Å²) in [6.07, 6.45) is 0. The molecule has 0 aliphatic carbocycles. The van der Waals surface area contributed by atoms with Crippen LogP contribution in [0.2, 0.25) is 0 Å². The summed E-state index contributed by atoms with van der Waals surface area (Å²) in [4.78, 5) is 8.22. The Balaban J connectivity index is 2.01. The Morgan fingerprint density at radius 1 is 1.47 bits per heavy atom. The van der Waals surface area contributed by atoms with Crippen LogP contribution in [0.15, 0.2) is 22.9 Å². The molecule has 1 atom stereocenters. The fraction of sp³-hybridized carbons (Fsp3) is 0.417. The van der Waals surface area contributed by atoms with Crippen LogP contribution >= 0.6 is 34.3 Å². The van der Waals surface area contributed by atoms with Crippen molar-refractivity contribution < 1.29 is 0 Å². The minimum Gasteiger partial charge on any atom is -0.292 e. The van der Waals surface area contributed by atoms with Crippen molar-refractivity contribution in [3.8, 4) is 0 Å². The topological polar surface area (TPSA) is 16.1 Å². The smallest absolute Gasteiger partial charge is 0.110 e. The van der Waals surface area contributed by atoms with Gasteiger partial charge in [-0.1, -0.05) is 6.07 Å². The van der Waals surface area contributed by atoms with Gasteiger partial charge in [0.1, 0.15) is 5.01 Å². The zero-order chi connectivity index (χ0) is 12.3. The molecule has 0 bridgehead atoms. The third-order valence-corrected chi connectivity index (χ3v) is 4.91. The van der Waals surface area contributed by atoms with Gasteiger partial charge in [-0.15, -0.1) is 34.3 Å². The molecule has 0 N–H and O–H groups in total. The number of nitrogens with zero attached hydrogens (tertiary/aromatic N) is 2. The van der Waals surface area contributed by atoms with Crippen molar-refractivity contribution in [1.29, 1.82) is 0 Å².